The second-order valence-corrected chi connectivity index (χ2v) is 4.47. The highest BCUT2D eigenvalue weighted by Crippen LogP contribution is 2.20. The molecule has 0 bridgehead atoms. The van der Waals surface area contributed by atoms with Gasteiger partial charge in [0.1, 0.15) is 11.6 Å². The van der Waals surface area contributed by atoms with Crippen LogP contribution in [0.1, 0.15) is 5.56 Å². The number of alkyl halides is 2. The molecular formula is C14H11ClF3NO. The van der Waals surface area contributed by atoms with E-state index >= 15 is 0 Å². The van der Waals surface area contributed by atoms with E-state index in [9.17, 15) is 13.2 Å². The van der Waals surface area contributed by atoms with Gasteiger partial charge in [0, 0.05) is 23.3 Å². The largest absolute Gasteiger partial charge is 0.435 e. The Morgan fingerprint density at radius 1 is 1.15 bits per heavy atom. The standard InChI is InChI=1S/C14H11ClF3NO/c15-10-4-9(5-11(16)6-10)8-19-12-2-1-3-13(7-12)20-14(17)18/h1-7,14,19H,8H2. The molecule has 6 heteroatoms. The van der Waals surface area contributed by atoms with Crippen molar-refractivity contribution in [1.29, 1.82) is 0 Å². The molecule has 0 aromatic heterocycles. The predicted octanol–water partition coefficient (Wildman–Crippen LogP) is 4.69. The number of rotatable bonds is 5. The molecule has 0 amide bonds. The van der Waals surface area contributed by atoms with Crippen molar-refractivity contribution in [1.82, 2.24) is 0 Å². The van der Waals surface area contributed by atoms with Crippen LogP contribution in [0.4, 0.5) is 18.9 Å². The number of halogens is 4. The molecule has 0 radical (unpaired) electrons. The van der Waals surface area contributed by atoms with Crippen LogP contribution in [0.2, 0.25) is 5.02 Å². The molecule has 2 rings (SSSR count). The maximum atomic E-state index is 13.1. The Labute approximate surface area is 119 Å². The van der Waals surface area contributed by atoms with Gasteiger partial charge in [-0.3, -0.25) is 0 Å². The number of benzene rings is 2. The fourth-order valence-corrected chi connectivity index (χ4v) is 1.94. The molecule has 0 aliphatic rings. The van der Waals surface area contributed by atoms with Crippen molar-refractivity contribution in [2.24, 2.45) is 0 Å². The van der Waals surface area contributed by atoms with Gasteiger partial charge >= 0.3 is 6.61 Å². The molecule has 0 unspecified atom stereocenters. The van der Waals surface area contributed by atoms with E-state index in [0.29, 0.717) is 22.8 Å². The van der Waals surface area contributed by atoms with E-state index < -0.39 is 12.4 Å². The Morgan fingerprint density at radius 3 is 2.65 bits per heavy atom. The lowest BCUT2D eigenvalue weighted by molar-refractivity contribution is -0.0498. The van der Waals surface area contributed by atoms with E-state index in [0.717, 1.165) is 0 Å². The van der Waals surface area contributed by atoms with Crippen LogP contribution in [0.5, 0.6) is 5.75 Å². The maximum absolute atomic E-state index is 13.1. The first kappa shape index (κ1) is 14.5. The first-order chi connectivity index (χ1) is 9.52. The van der Waals surface area contributed by atoms with Crippen LogP contribution in [-0.4, -0.2) is 6.61 Å². The second-order valence-electron chi connectivity index (χ2n) is 4.04. The highest BCUT2D eigenvalue weighted by molar-refractivity contribution is 6.30. The van der Waals surface area contributed by atoms with Crippen molar-refractivity contribution < 1.29 is 17.9 Å². The minimum atomic E-state index is -2.87. The number of ether oxygens (including phenoxy) is 1. The zero-order chi connectivity index (χ0) is 14.5. The summed E-state index contributed by atoms with van der Waals surface area (Å²) in [6, 6.07) is 10.3. The summed E-state index contributed by atoms with van der Waals surface area (Å²) in [7, 11) is 0. The number of nitrogens with one attached hydrogen (secondary N) is 1. The molecular weight excluding hydrogens is 291 g/mol. The third kappa shape index (κ3) is 4.35. The molecule has 0 aliphatic heterocycles. The second kappa shape index (κ2) is 6.52. The molecule has 0 atom stereocenters. The Hall–Kier alpha value is -1.88. The SMILES string of the molecule is Fc1cc(Cl)cc(CNc2cccc(OC(F)F)c2)c1. The highest BCUT2D eigenvalue weighted by Gasteiger charge is 2.05. The Bertz CT molecular complexity index is 572. The zero-order valence-electron chi connectivity index (χ0n) is 10.2. The maximum Gasteiger partial charge on any atom is 0.387 e. The van der Waals surface area contributed by atoms with Gasteiger partial charge in [-0.25, -0.2) is 4.39 Å². The van der Waals surface area contributed by atoms with Gasteiger partial charge in [-0.1, -0.05) is 17.7 Å². The summed E-state index contributed by atoms with van der Waals surface area (Å²) in [6.45, 7) is -2.55. The molecule has 2 aromatic rings. The van der Waals surface area contributed by atoms with Crippen LogP contribution in [0.15, 0.2) is 42.5 Å². The summed E-state index contributed by atoms with van der Waals surface area (Å²) < 4.78 is 41.6. The average molecular weight is 302 g/mol. The van der Waals surface area contributed by atoms with Gasteiger partial charge in [0.05, 0.1) is 0 Å². The van der Waals surface area contributed by atoms with Gasteiger partial charge in [-0.05, 0) is 35.9 Å². The smallest absolute Gasteiger partial charge is 0.387 e. The highest BCUT2D eigenvalue weighted by atomic mass is 35.5. The monoisotopic (exact) mass is 301 g/mol. The molecule has 0 fully saturated rings. The minimum absolute atomic E-state index is 0.0577. The molecule has 0 saturated heterocycles. The summed E-state index contributed by atoms with van der Waals surface area (Å²) in [4.78, 5) is 0. The van der Waals surface area contributed by atoms with Crippen LogP contribution < -0.4 is 10.1 Å². The zero-order valence-corrected chi connectivity index (χ0v) is 11.0. The van der Waals surface area contributed by atoms with Crippen LogP contribution in [0.3, 0.4) is 0 Å². The van der Waals surface area contributed by atoms with E-state index in [1.165, 1.54) is 24.3 Å². The van der Waals surface area contributed by atoms with E-state index in [2.05, 4.69) is 10.1 Å². The van der Waals surface area contributed by atoms with Crippen molar-refractivity contribution in [3.8, 4) is 5.75 Å². The number of anilines is 1. The van der Waals surface area contributed by atoms with Gasteiger partial charge in [0.15, 0.2) is 0 Å². The summed E-state index contributed by atoms with van der Waals surface area (Å²) in [6.07, 6.45) is 0. The van der Waals surface area contributed by atoms with Crippen LogP contribution in [0.25, 0.3) is 0 Å². The Morgan fingerprint density at radius 2 is 1.95 bits per heavy atom. The van der Waals surface area contributed by atoms with Crippen molar-refractivity contribution in [3.05, 3.63) is 58.9 Å². The third-order valence-electron chi connectivity index (χ3n) is 2.48. The van der Waals surface area contributed by atoms with Gasteiger partial charge in [-0.2, -0.15) is 8.78 Å². The van der Waals surface area contributed by atoms with Gasteiger partial charge < -0.3 is 10.1 Å². The predicted molar refractivity (Wildman–Crippen MR) is 71.8 cm³/mol. The van der Waals surface area contributed by atoms with E-state index in [1.807, 2.05) is 0 Å². The van der Waals surface area contributed by atoms with Crippen molar-refractivity contribution in [2.75, 3.05) is 5.32 Å². The van der Waals surface area contributed by atoms with Crippen LogP contribution in [-0.2, 0) is 6.54 Å². The fourth-order valence-electron chi connectivity index (χ4n) is 1.70. The van der Waals surface area contributed by atoms with Gasteiger partial charge in [0.2, 0.25) is 0 Å². The first-order valence-corrected chi connectivity index (χ1v) is 6.14. The first-order valence-electron chi connectivity index (χ1n) is 5.76. The van der Waals surface area contributed by atoms with Crippen molar-refractivity contribution >= 4 is 17.3 Å². The number of hydrogen-bond donors (Lipinski definition) is 1. The topological polar surface area (TPSA) is 21.3 Å². The van der Waals surface area contributed by atoms with Crippen molar-refractivity contribution in [3.63, 3.8) is 0 Å². The minimum Gasteiger partial charge on any atom is -0.435 e. The molecule has 0 heterocycles. The molecule has 0 spiro atoms. The normalized spacial score (nSPS) is 10.7. The summed E-state index contributed by atoms with van der Waals surface area (Å²) >= 11 is 5.74. The lowest BCUT2D eigenvalue weighted by atomic mass is 10.2. The average Bonchev–Trinajstić information content (AvgIpc) is 2.35. The number of hydrogen-bond acceptors (Lipinski definition) is 2. The van der Waals surface area contributed by atoms with Gasteiger partial charge in [-0.15, -0.1) is 0 Å². The molecule has 1 N–H and O–H groups in total. The molecule has 2 aromatic carbocycles. The molecule has 106 valence electrons. The molecule has 2 nitrogen and oxygen atoms in total. The summed E-state index contributed by atoms with van der Waals surface area (Å²) in [5.41, 5.74) is 1.23. The van der Waals surface area contributed by atoms with Crippen LogP contribution >= 0.6 is 11.6 Å². The Balaban J connectivity index is 2.03. The quantitative estimate of drug-likeness (QED) is 0.865. The van der Waals surface area contributed by atoms with Crippen molar-refractivity contribution in [2.45, 2.75) is 13.2 Å². The van der Waals surface area contributed by atoms with Gasteiger partial charge in [0.25, 0.3) is 0 Å². The van der Waals surface area contributed by atoms with E-state index in [-0.39, 0.29) is 5.75 Å². The fraction of sp³-hybridized carbons (Fsp3) is 0.143. The van der Waals surface area contributed by atoms with E-state index in [4.69, 9.17) is 11.6 Å². The molecule has 0 aliphatic carbocycles. The lowest BCUT2D eigenvalue weighted by Gasteiger charge is -2.09. The summed E-state index contributed by atoms with van der Waals surface area (Å²) in [5, 5.41) is 3.28. The summed E-state index contributed by atoms with van der Waals surface area (Å²) in [5.74, 6) is -0.369. The molecule has 0 saturated carbocycles. The third-order valence-corrected chi connectivity index (χ3v) is 2.70. The van der Waals surface area contributed by atoms with E-state index in [1.54, 1.807) is 18.2 Å². The Kier molecular flexibility index (Phi) is 4.74. The molecule has 20 heavy (non-hydrogen) atoms. The lowest BCUT2D eigenvalue weighted by Crippen LogP contribution is -2.03. The van der Waals surface area contributed by atoms with Crippen LogP contribution in [0, 0.1) is 5.82 Å².